The van der Waals surface area contributed by atoms with Crippen molar-refractivity contribution in [2.45, 2.75) is 0 Å². The number of nitrogens with one attached hydrogen (secondary N) is 2. The molecule has 132 valence electrons. The Morgan fingerprint density at radius 3 is 2.42 bits per heavy atom. The van der Waals surface area contributed by atoms with Gasteiger partial charge in [-0.25, -0.2) is 0 Å². The highest BCUT2D eigenvalue weighted by Crippen LogP contribution is 2.23. The largest absolute Gasteiger partial charge is 0.378 e. The molecule has 3 aromatic rings. The van der Waals surface area contributed by atoms with Crippen molar-refractivity contribution in [3.8, 4) is 0 Å². The molecule has 0 aliphatic carbocycles. The average molecular weight is 367 g/mol. The van der Waals surface area contributed by atoms with Crippen LogP contribution in [-0.4, -0.2) is 25.0 Å². The molecule has 5 nitrogen and oxygen atoms in total. The second-order valence-electron chi connectivity index (χ2n) is 5.96. The van der Waals surface area contributed by atoms with Crippen LogP contribution in [0.25, 0.3) is 0 Å². The molecule has 2 aromatic carbocycles. The van der Waals surface area contributed by atoms with Gasteiger partial charge in [0.25, 0.3) is 5.91 Å². The molecule has 2 N–H and O–H groups in total. The first-order valence-electron chi connectivity index (χ1n) is 8.08. The van der Waals surface area contributed by atoms with Crippen LogP contribution < -0.4 is 15.5 Å². The van der Waals surface area contributed by atoms with Crippen molar-refractivity contribution in [2.75, 3.05) is 29.6 Å². The summed E-state index contributed by atoms with van der Waals surface area (Å²) in [5.74, 6) is -0.266. The first-order chi connectivity index (χ1) is 12.5. The van der Waals surface area contributed by atoms with Crippen molar-refractivity contribution in [1.29, 1.82) is 0 Å². The Balaban J connectivity index is 1.73. The smallest absolute Gasteiger partial charge is 0.257 e. The molecule has 0 radical (unpaired) electrons. The molecule has 1 heterocycles. The summed E-state index contributed by atoms with van der Waals surface area (Å²) in [7, 11) is 3.99. The SMILES string of the molecule is CN(C)c1ccc(Nc2cncc(C(=O)Nc3ccccc3Cl)c2)cc1. The Bertz CT molecular complexity index is 910. The Morgan fingerprint density at radius 2 is 1.73 bits per heavy atom. The van der Waals surface area contributed by atoms with E-state index in [4.69, 9.17) is 11.6 Å². The number of hydrogen-bond acceptors (Lipinski definition) is 4. The van der Waals surface area contributed by atoms with Crippen molar-refractivity contribution in [3.05, 3.63) is 77.6 Å². The van der Waals surface area contributed by atoms with Gasteiger partial charge in [0, 0.05) is 31.7 Å². The standard InChI is InChI=1S/C20H19ClN4O/c1-25(2)17-9-7-15(8-10-17)23-16-11-14(12-22-13-16)20(26)24-19-6-4-3-5-18(19)21/h3-13,23H,1-2H3,(H,24,26). The van der Waals surface area contributed by atoms with Crippen LogP contribution >= 0.6 is 11.6 Å². The predicted octanol–water partition coefficient (Wildman–Crippen LogP) is 4.80. The number of rotatable bonds is 5. The van der Waals surface area contributed by atoms with Gasteiger partial charge in [-0.15, -0.1) is 0 Å². The van der Waals surface area contributed by atoms with Crippen LogP contribution in [0, 0.1) is 0 Å². The van der Waals surface area contributed by atoms with E-state index >= 15 is 0 Å². The summed E-state index contributed by atoms with van der Waals surface area (Å²) in [6, 6.07) is 16.8. The monoisotopic (exact) mass is 366 g/mol. The summed E-state index contributed by atoms with van der Waals surface area (Å²) in [5, 5.41) is 6.54. The zero-order valence-corrected chi connectivity index (χ0v) is 15.3. The molecule has 0 saturated carbocycles. The number of amides is 1. The van der Waals surface area contributed by atoms with E-state index in [0.717, 1.165) is 17.1 Å². The van der Waals surface area contributed by atoms with E-state index < -0.39 is 0 Å². The van der Waals surface area contributed by atoms with Crippen LogP contribution in [0.3, 0.4) is 0 Å². The van der Waals surface area contributed by atoms with Gasteiger partial charge in [0.1, 0.15) is 0 Å². The van der Waals surface area contributed by atoms with E-state index in [0.29, 0.717) is 16.3 Å². The number of pyridine rings is 1. The number of benzene rings is 2. The summed E-state index contributed by atoms with van der Waals surface area (Å²) in [6.45, 7) is 0. The lowest BCUT2D eigenvalue weighted by atomic mass is 10.2. The fourth-order valence-corrected chi connectivity index (χ4v) is 2.58. The van der Waals surface area contributed by atoms with Crippen molar-refractivity contribution < 1.29 is 4.79 Å². The quantitative estimate of drug-likeness (QED) is 0.681. The fraction of sp³-hybridized carbons (Fsp3) is 0.100. The Morgan fingerprint density at radius 1 is 1.00 bits per heavy atom. The number of carbonyl (C=O) groups excluding carboxylic acids is 1. The van der Waals surface area contributed by atoms with Gasteiger partial charge < -0.3 is 15.5 Å². The van der Waals surface area contributed by atoms with Crippen molar-refractivity contribution in [2.24, 2.45) is 0 Å². The van der Waals surface area contributed by atoms with Crippen LogP contribution in [0.5, 0.6) is 0 Å². The van der Waals surface area contributed by atoms with Gasteiger partial charge in [0.15, 0.2) is 0 Å². The van der Waals surface area contributed by atoms with Crippen molar-refractivity contribution >= 4 is 40.3 Å². The maximum Gasteiger partial charge on any atom is 0.257 e. The van der Waals surface area contributed by atoms with Crippen LogP contribution in [0.2, 0.25) is 5.02 Å². The minimum atomic E-state index is -0.266. The number of nitrogens with zero attached hydrogens (tertiary/aromatic N) is 2. The summed E-state index contributed by atoms with van der Waals surface area (Å²) >= 11 is 6.08. The van der Waals surface area contributed by atoms with Crippen LogP contribution in [0.15, 0.2) is 67.0 Å². The van der Waals surface area contributed by atoms with Crippen LogP contribution in [0.1, 0.15) is 10.4 Å². The molecular formula is C20H19ClN4O. The molecule has 6 heteroatoms. The van der Waals surface area contributed by atoms with Gasteiger partial charge in [-0.1, -0.05) is 23.7 Å². The third-order valence-electron chi connectivity index (χ3n) is 3.79. The molecule has 0 saturated heterocycles. The Kier molecular flexibility index (Phi) is 5.39. The Hall–Kier alpha value is -3.05. The summed E-state index contributed by atoms with van der Waals surface area (Å²) in [4.78, 5) is 18.6. The van der Waals surface area contributed by atoms with Gasteiger partial charge in [0.2, 0.25) is 0 Å². The molecular weight excluding hydrogens is 348 g/mol. The zero-order valence-electron chi connectivity index (χ0n) is 14.5. The number of hydrogen-bond donors (Lipinski definition) is 2. The predicted molar refractivity (Wildman–Crippen MR) is 108 cm³/mol. The number of carbonyl (C=O) groups is 1. The molecule has 1 amide bonds. The first-order valence-corrected chi connectivity index (χ1v) is 8.46. The molecule has 3 rings (SSSR count). The summed E-state index contributed by atoms with van der Waals surface area (Å²) in [6.07, 6.45) is 3.19. The second kappa shape index (κ2) is 7.89. The van der Waals surface area contributed by atoms with E-state index in [2.05, 4.69) is 15.6 Å². The minimum Gasteiger partial charge on any atom is -0.378 e. The van der Waals surface area contributed by atoms with Gasteiger partial charge in [-0.05, 0) is 42.5 Å². The van der Waals surface area contributed by atoms with Gasteiger partial charge in [0.05, 0.1) is 28.2 Å². The lowest BCUT2D eigenvalue weighted by Crippen LogP contribution is -2.12. The van der Waals surface area contributed by atoms with Crippen LogP contribution in [-0.2, 0) is 0 Å². The third kappa shape index (κ3) is 4.32. The molecule has 0 aliphatic heterocycles. The lowest BCUT2D eigenvalue weighted by Gasteiger charge is -2.13. The number of para-hydroxylation sites is 1. The maximum absolute atomic E-state index is 12.4. The summed E-state index contributed by atoms with van der Waals surface area (Å²) in [5.41, 5.74) is 3.77. The number of halogens is 1. The van der Waals surface area contributed by atoms with Gasteiger partial charge >= 0.3 is 0 Å². The van der Waals surface area contributed by atoms with E-state index in [1.807, 2.05) is 55.4 Å². The van der Waals surface area contributed by atoms with Gasteiger partial charge in [-0.2, -0.15) is 0 Å². The Labute approximate surface area is 157 Å². The first kappa shape index (κ1) is 17.8. The molecule has 0 unspecified atom stereocenters. The molecule has 1 aromatic heterocycles. The van der Waals surface area contributed by atoms with Gasteiger partial charge in [-0.3, -0.25) is 9.78 Å². The highest BCUT2D eigenvalue weighted by Gasteiger charge is 2.09. The molecule has 0 fully saturated rings. The lowest BCUT2D eigenvalue weighted by molar-refractivity contribution is 0.102. The maximum atomic E-state index is 12.4. The van der Waals surface area contributed by atoms with E-state index in [1.54, 1.807) is 24.4 Å². The second-order valence-corrected chi connectivity index (χ2v) is 6.37. The average Bonchev–Trinajstić information content (AvgIpc) is 2.64. The minimum absolute atomic E-state index is 0.266. The zero-order chi connectivity index (χ0) is 18.5. The normalized spacial score (nSPS) is 10.3. The third-order valence-corrected chi connectivity index (χ3v) is 4.12. The molecule has 0 bridgehead atoms. The van der Waals surface area contributed by atoms with Crippen LogP contribution in [0.4, 0.5) is 22.7 Å². The molecule has 0 aliphatic rings. The van der Waals surface area contributed by atoms with Crippen molar-refractivity contribution in [3.63, 3.8) is 0 Å². The van der Waals surface area contributed by atoms with E-state index in [1.165, 1.54) is 6.20 Å². The van der Waals surface area contributed by atoms with E-state index in [-0.39, 0.29) is 5.91 Å². The highest BCUT2D eigenvalue weighted by molar-refractivity contribution is 6.33. The molecule has 0 spiro atoms. The topological polar surface area (TPSA) is 57.3 Å². The van der Waals surface area contributed by atoms with Crippen molar-refractivity contribution in [1.82, 2.24) is 4.98 Å². The molecule has 0 atom stereocenters. The fourth-order valence-electron chi connectivity index (χ4n) is 2.40. The van der Waals surface area contributed by atoms with E-state index in [9.17, 15) is 4.79 Å². The molecule has 26 heavy (non-hydrogen) atoms. The number of aromatic nitrogens is 1. The number of anilines is 4. The summed E-state index contributed by atoms with van der Waals surface area (Å²) < 4.78 is 0. The highest BCUT2D eigenvalue weighted by atomic mass is 35.5.